The van der Waals surface area contributed by atoms with E-state index >= 15 is 0 Å². The van der Waals surface area contributed by atoms with Gasteiger partial charge in [-0.15, -0.1) is 11.8 Å². The van der Waals surface area contributed by atoms with Gasteiger partial charge in [0.05, 0.1) is 13.2 Å². The summed E-state index contributed by atoms with van der Waals surface area (Å²) in [5, 5.41) is 0. The number of hydrogen-bond acceptors (Lipinski definition) is 6. The molecule has 0 aromatic rings. The Kier molecular flexibility index (Phi) is 26.5. The van der Waals surface area contributed by atoms with Gasteiger partial charge in [0.2, 0.25) is 7.60 Å². The van der Waals surface area contributed by atoms with Crippen LogP contribution in [-0.4, -0.2) is 19.0 Å². The van der Waals surface area contributed by atoms with Crippen molar-refractivity contribution in [1.82, 2.24) is 0 Å². The fourth-order valence-corrected chi connectivity index (χ4v) is 10.9. The molecule has 1 aliphatic heterocycles. The quantitative estimate of drug-likeness (QED) is 0.0526. The van der Waals surface area contributed by atoms with Gasteiger partial charge in [0.15, 0.2) is 0 Å². The maximum atomic E-state index is 13.0. The number of allylic oxidation sites excluding steroid dienone is 1. The van der Waals surface area contributed by atoms with Crippen LogP contribution in [0.25, 0.3) is 0 Å². The molecule has 1 rings (SSSR count). The summed E-state index contributed by atoms with van der Waals surface area (Å²) in [6.07, 6.45) is 22.5. The largest absolute Gasteiger partial charge is 1.00 e. The third-order valence-electron chi connectivity index (χ3n) is 5.76. The van der Waals surface area contributed by atoms with Crippen LogP contribution >= 0.6 is 42.9 Å². The van der Waals surface area contributed by atoms with Crippen LogP contribution in [0.15, 0.2) is 9.14 Å². The Bertz CT molecular complexity index is 553. The molecule has 0 bridgehead atoms. The van der Waals surface area contributed by atoms with Gasteiger partial charge in [0.1, 0.15) is 0 Å². The smallest absolute Gasteiger partial charge is 0.330 e. The van der Waals surface area contributed by atoms with Gasteiger partial charge in [-0.2, -0.15) is 0 Å². The molecule has 0 fully saturated rings. The first-order valence-corrected chi connectivity index (χ1v) is 17.7. The molecule has 34 heavy (non-hydrogen) atoms. The number of rotatable bonds is 23. The molecule has 1 heterocycles. The summed E-state index contributed by atoms with van der Waals surface area (Å²) in [4.78, 5) is 1.23. The van der Waals surface area contributed by atoms with E-state index in [2.05, 4.69) is 13.8 Å². The first-order valence-electron chi connectivity index (χ1n) is 13.5. The zero-order valence-electron chi connectivity index (χ0n) is 22.8. The molecule has 1 aliphatic rings. The van der Waals surface area contributed by atoms with Crippen LogP contribution in [0, 0.1) is 4.32 Å². The Balaban J connectivity index is 0.0000109. The molecule has 0 unspecified atom stereocenters. The summed E-state index contributed by atoms with van der Waals surface area (Å²) in [5.41, 5.74) is 0. The van der Waals surface area contributed by atoms with Gasteiger partial charge in [-0.05, 0) is 37.9 Å². The van der Waals surface area contributed by atoms with E-state index < -0.39 is 7.60 Å². The van der Waals surface area contributed by atoms with Gasteiger partial charge in [0, 0.05) is 4.24 Å². The molecule has 0 saturated heterocycles. The topological polar surface area (TPSA) is 35.5 Å². The van der Waals surface area contributed by atoms with Crippen molar-refractivity contribution < 1.29 is 65.0 Å². The van der Waals surface area contributed by atoms with E-state index in [9.17, 15) is 4.57 Å². The minimum atomic E-state index is -3.13. The maximum absolute atomic E-state index is 13.0. The molecule has 3 nitrogen and oxygen atoms in total. The molecule has 0 N–H and O–H groups in total. The summed E-state index contributed by atoms with van der Waals surface area (Å²) in [7, 11) is -3.13. The third kappa shape index (κ3) is 17.2. The molecule has 0 atom stereocenters. The Morgan fingerprint density at radius 1 is 0.706 bits per heavy atom. The van der Waals surface area contributed by atoms with Crippen molar-refractivity contribution in [1.29, 1.82) is 0 Å². The van der Waals surface area contributed by atoms with E-state index in [0.717, 1.165) is 10.1 Å². The number of thioether (sulfide) groups is 3. The fraction of sp³-hybridized carbons (Fsp3) is 0.885. The number of unbranched alkanes of at least 4 members (excludes halogenated alkanes) is 15. The predicted octanol–water partition coefficient (Wildman–Crippen LogP) is 8.37. The zero-order chi connectivity index (χ0) is 24.2. The van der Waals surface area contributed by atoms with Crippen LogP contribution in [0.5, 0.6) is 0 Å². The second-order valence-corrected chi connectivity index (χ2v) is 15.2. The van der Waals surface area contributed by atoms with Crippen LogP contribution < -0.4 is 51.4 Å². The van der Waals surface area contributed by atoms with Crippen LogP contribution in [0.3, 0.4) is 0 Å². The van der Waals surface area contributed by atoms with Gasteiger partial charge in [-0.3, -0.25) is 28.1 Å². The average molecular weight is 577 g/mol. The predicted molar refractivity (Wildman–Crippen MR) is 154 cm³/mol. The van der Waals surface area contributed by atoms with Gasteiger partial charge >= 0.3 is 51.4 Å². The van der Waals surface area contributed by atoms with Crippen LogP contribution in [-0.2, 0) is 13.6 Å². The van der Waals surface area contributed by atoms with Crippen LogP contribution in [0.2, 0.25) is 0 Å². The van der Waals surface area contributed by atoms with E-state index in [1.165, 1.54) is 112 Å². The number of hydrogen-bond donors (Lipinski definition) is 0. The fourth-order valence-electron chi connectivity index (χ4n) is 3.89. The third-order valence-corrected chi connectivity index (χ3v) is 13.1. The Labute approximate surface area is 267 Å². The van der Waals surface area contributed by atoms with Crippen molar-refractivity contribution in [3.05, 3.63) is 13.5 Å². The van der Waals surface area contributed by atoms with Crippen molar-refractivity contribution >= 4 is 42.9 Å². The van der Waals surface area contributed by atoms with Crippen molar-refractivity contribution in [2.24, 2.45) is 0 Å². The average Bonchev–Trinajstić information content (AvgIpc) is 3.17. The van der Waals surface area contributed by atoms with Crippen LogP contribution in [0.4, 0.5) is 0 Å². The second-order valence-electron chi connectivity index (χ2n) is 8.80. The SMILES string of the molecule is CCCCCCCCCCCCCCCCCCSC1=C(C)S[C-](P(=O)(OCC)OCC)S1.[K+]. The van der Waals surface area contributed by atoms with Crippen LogP contribution in [0.1, 0.15) is 130 Å². The summed E-state index contributed by atoms with van der Waals surface area (Å²) < 4.78 is 26.1. The molecule has 0 aromatic carbocycles. The summed E-state index contributed by atoms with van der Waals surface area (Å²) >= 11 is 5.08. The van der Waals surface area contributed by atoms with Gasteiger partial charge < -0.3 is 9.05 Å². The van der Waals surface area contributed by atoms with Crippen molar-refractivity contribution in [3.8, 4) is 0 Å². The van der Waals surface area contributed by atoms with Gasteiger partial charge in [-0.25, -0.2) is 0 Å². The van der Waals surface area contributed by atoms with Crippen molar-refractivity contribution in [2.75, 3.05) is 19.0 Å². The molecule has 0 saturated carbocycles. The van der Waals surface area contributed by atoms with E-state index in [4.69, 9.17) is 9.05 Å². The van der Waals surface area contributed by atoms with E-state index in [0.29, 0.717) is 13.2 Å². The Hall–Kier alpha value is 2.58. The van der Waals surface area contributed by atoms with E-state index in [1.807, 2.05) is 25.6 Å². The van der Waals surface area contributed by atoms with Gasteiger partial charge in [0.25, 0.3) is 0 Å². The molecular formula is C26H50KO3PS3. The normalized spacial score (nSPS) is 14.7. The molecule has 0 amide bonds. The monoisotopic (exact) mass is 576 g/mol. The molecule has 196 valence electrons. The molecule has 0 aromatic heterocycles. The summed E-state index contributed by atoms with van der Waals surface area (Å²) in [5.74, 6) is 1.14. The van der Waals surface area contributed by atoms with Crippen molar-refractivity contribution in [2.45, 2.75) is 130 Å². The first-order chi connectivity index (χ1) is 16.1. The molecule has 0 spiro atoms. The Morgan fingerprint density at radius 3 is 1.53 bits per heavy atom. The maximum Gasteiger partial charge on any atom is 1.00 e. The zero-order valence-corrected chi connectivity index (χ0v) is 29.3. The first kappa shape index (κ1) is 36.6. The minimum absolute atomic E-state index is 0. The van der Waals surface area contributed by atoms with E-state index in [1.54, 1.807) is 23.5 Å². The standard InChI is InChI=1S/C26H50O3PS3.K/c1-5-8-9-10-11-12-13-14-15-16-17-18-19-20-21-22-23-31-25-24(4)32-26(33-25)30(27,28-6-2)29-7-3;/h5-23H2,1-4H3;/q-1;+1. The molecule has 0 radical (unpaired) electrons. The summed E-state index contributed by atoms with van der Waals surface area (Å²) in [6, 6.07) is 0. The second kappa shape index (κ2) is 24.6. The molecule has 0 aliphatic carbocycles. The van der Waals surface area contributed by atoms with Gasteiger partial charge in [-0.1, -0.05) is 108 Å². The van der Waals surface area contributed by atoms with E-state index in [-0.39, 0.29) is 51.4 Å². The Morgan fingerprint density at radius 2 is 1.12 bits per heavy atom. The minimum Gasteiger partial charge on any atom is -0.330 e. The summed E-state index contributed by atoms with van der Waals surface area (Å²) in [6.45, 7) is 8.94. The molecular weight excluding hydrogens is 527 g/mol. The molecule has 8 heteroatoms. The van der Waals surface area contributed by atoms with Crippen molar-refractivity contribution in [3.63, 3.8) is 0 Å².